The van der Waals surface area contributed by atoms with Gasteiger partial charge >= 0.3 is 0 Å². The summed E-state index contributed by atoms with van der Waals surface area (Å²) in [5, 5.41) is 1.27. The van der Waals surface area contributed by atoms with Crippen molar-refractivity contribution in [1.82, 2.24) is 4.57 Å². The van der Waals surface area contributed by atoms with Crippen molar-refractivity contribution in [1.29, 1.82) is 0 Å². The number of thiol groups is 1. The van der Waals surface area contributed by atoms with Crippen LogP contribution in [0.25, 0.3) is 55.7 Å². The van der Waals surface area contributed by atoms with Crippen molar-refractivity contribution in [2.45, 2.75) is 18.7 Å². The molecule has 0 amide bonds. The zero-order valence-corrected chi connectivity index (χ0v) is 27.5. The molecule has 8 rings (SSSR count). The van der Waals surface area contributed by atoms with Crippen LogP contribution in [0.5, 0.6) is 0 Å². The van der Waals surface area contributed by atoms with Crippen LogP contribution in [0.3, 0.4) is 0 Å². The van der Waals surface area contributed by atoms with Gasteiger partial charge in [0.15, 0.2) is 0 Å². The molecule has 1 aliphatic heterocycles. The Morgan fingerprint density at radius 3 is 1.91 bits per heavy atom. The fourth-order valence-electron chi connectivity index (χ4n) is 7.40. The lowest BCUT2D eigenvalue weighted by Crippen LogP contribution is -2.56. The van der Waals surface area contributed by atoms with Crippen molar-refractivity contribution >= 4 is 52.2 Å². The van der Waals surface area contributed by atoms with Crippen molar-refractivity contribution < 1.29 is 0 Å². The van der Waals surface area contributed by atoms with E-state index in [9.17, 15) is 0 Å². The van der Waals surface area contributed by atoms with Gasteiger partial charge in [0.25, 0.3) is 0 Å². The Morgan fingerprint density at radius 1 is 0.617 bits per heavy atom. The van der Waals surface area contributed by atoms with Crippen molar-refractivity contribution in [3.63, 3.8) is 0 Å². The van der Waals surface area contributed by atoms with Gasteiger partial charge in [0, 0.05) is 27.0 Å². The second kappa shape index (κ2) is 12.2. The number of benzene rings is 6. The number of rotatable bonds is 6. The second-order valence-corrected chi connectivity index (χ2v) is 12.6. The molecule has 3 heteroatoms. The van der Waals surface area contributed by atoms with E-state index in [0.29, 0.717) is 0 Å². The first-order valence-electron chi connectivity index (χ1n) is 16.3. The third-order valence-electron chi connectivity index (χ3n) is 9.48. The van der Waals surface area contributed by atoms with Crippen LogP contribution in [0, 0.1) is 0 Å². The molecule has 0 saturated heterocycles. The molecule has 0 radical (unpaired) electrons. The van der Waals surface area contributed by atoms with E-state index in [1.807, 2.05) is 0 Å². The summed E-state index contributed by atoms with van der Waals surface area (Å²) in [5.74, 6) is 0. The fourth-order valence-corrected chi connectivity index (χ4v) is 7.73. The van der Waals surface area contributed by atoms with E-state index in [-0.39, 0.29) is 6.71 Å². The first-order chi connectivity index (χ1) is 23.2. The van der Waals surface area contributed by atoms with E-state index in [1.165, 1.54) is 77.6 Å². The molecule has 224 valence electrons. The third-order valence-corrected chi connectivity index (χ3v) is 9.87. The highest BCUT2D eigenvalue weighted by Crippen LogP contribution is 2.43. The summed E-state index contributed by atoms with van der Waals surface area (Å²) in [6, 6.07) is 53.0. The molecule has 0 aliphatic carbocycles. The van der Waals surface area contributed by atoms with Gasteiger partial charge in [0.2, 0.25) is 6.71 Å². The van der Waals surface area contributed by atoms with Crippen molar-refractivity contribution in [3.05, 3.63) is 169 Å². The summed E-state index contributed by atoms with van der Waals surface area (Å²) in [6.45, 7) is 4.19. The predicted molar refractivity (Wildman–Crippen MR) is 206 cm³/mol. The minimum atomic E-state index is 0.0477. The summed E-state index contributed by atoms with van der Waals surface area (Å²) in [6.07, 6.45) is 6.40. The van der Waals surface area contributed by atoms with Crippen LogP contribution in [0.4, 0.5) is 0 Å². The predicted octanol–water partition coefficient (Wildman–Crippen LogP) is 9.73. The molecule has 1 aliphatic rings. The van der Waals surface area contributed by atoms with Gasteiger partial charge in [-0.3, -0.25) is 0 Å². The monoisotopic (exact) mass is 619 g/mol. The van der Waals surface area contributed by atoms with Crippen molar-refractivity contribution in [2.24, 2.45) is 0 Å². The lowest BCUT2D eigenvalue weighted by molar-refractivity contribution is 1.13. The SMILES string of the molecule is C/C=C\C(=C/C)c1ccc(-c2ccc(B3c4c(S)cccc4-n4c(-c5ccccc5)c(-c5ccccc5)c5cccc3c54)cc2)cc1. The average molecular weight is 620 g/mol. The molecule has 0 fully saturated rings. The molecule has 1 nitrogen and oxygen atoms in total. The molecule has 1 aromatic heterocycles. The summed E-state index contributed by atoms with van der Waals surface area (Å²) in [7, 11) is 0. The molecule has 2 heterocycles. The molecule has 7 aromatic rings. The molecule has 47 heavy (non-hydrogen) atoms. The number of allylic oxidation sites excluding steroid dienone is 4. The van der Waals surface area contributed by atoms with E-state index >= 15 is 0 Å². The number of para-hydroxylation sites is 1. The first kappa shape index (κ1) is 29.2. The van der Waals surface area contributed by atoms with Gasteiger partial charge in [0.1, 0.15) is 0 Å². The minimum Gasteiger partial charge on any atom is -0.310 e. The lowest BCUT2D eigenvalue weighted by atomic mass is 9.35. The van der Waals surface area contributed by atoms with Gasteiger partial charge in [0.05, 0.1) is 5.69 Å². The Balaban J connectivity index is 1.32. The molecule has 0 saturated carbocycles. The van der Waals surface area contributed by atoms with Crippen LogP contribution < -0.4 is 16.4 Å². The standard InChI is InChI=1S/C44H34BNS/c1-3-13-30(4-2)31-22-24-32(25-23-31)33-26-28-36(29-27-33)45-38-19-11-18-37-41(34-14-7-5-8-15-34)43(35-16-9-6-10-17-35)46(44(37)38)39-20-12-21-40(47)42(39)45/h3-29,47H,1-2H3/b13-3-,30-4+. The third kappa shape index (κ3) is 4.90. The topological polar surface area (TPSA) is 4.93 Å². The van der Waals surface area contributed by atoms with E-state index < -0.39 is 0 Å². The lowest BCUT2D eigenvalue weighted by Gasteiger charge is -2.29. The Labute approximate surface area is 283 Å². The average Bonchev–Trinajstić information content (AvgIpc) is 3.48. The van der Waals surface area contributed by atoms with Gasteiger partial charge in [-0.15, -0.1) is 12.6 Å². The van der Waals surface area contributed by atoms with Gasteiger partial charge in [-0.2, -0.15) is 0 Å². The highest BCUT2D eigenvalue weighted by Gasteiger charge is 2.36. The highest BCUT2D eigenvalue weighted by atomic mass is 32.1. The summed E-state index contributed by atoms with van der Waals surface area (Å²) in [5.41, 5.74) is 16.0. The Morgan fingerprint density at radius 2 is 1.26 bits per heavy atom. The van der Waals surface area contributed by atoms with E-state index in [2.05, 4.69) is 182 Å². The van der Waals surface area contributed by atoms with Crippen LogP contribution in [0.2, 0.25) is 0 Å². The van der Waals surface area contributed by atoms with Gasteiger partial charge < -0.3 is 4.57 Å². The van der Waals surface area contributed by atoms with Gasteiger partial charge in [-0.25, -0.2) is 0 Å². The van der Waals surface area contributed by atoms with Crippen molar-refractivity contribution in [3.8, 4) is 39.2 Å². The zero-order valence-electron chi connectivity index (χ0n) is 26.6. The number of nitrogens with zero attached hydrogens (tertiary/aromatic N) is 1. The van der Waals surface area contributed by atoms with E-state index in [0.717, 1.165) is 4.90 Å². The number of fused-ring (bicyclic) bond motifs is 2. The molecule has 0 bridgehead atoms. The van der Waals surface area contributed by atoms with E-state index in [4.69, 9.17) is 12.6 Å². The molecular formula is C44H34BNS. The maximum atomic E-state index is 5.12. The van der Waals surface area contributed by atoms with Crippen LogP contribution in [-0.2, 0) is 0 Å². The quantitative estimate of drug-likeness (QED) is 0.107. The first-order valence-corrected chi connectivity index (χ1v) is 16.7. The van der Waals surface area contributed by atoms with E-state index in [1.54, 1.807) is 0 Å². The van der Waals surface area contributed by atoms with Crippen LogP contribution in [-0.4, -0.2) is 11.3 Å². The maximum absolute atomic E-state index is 5.12. The highest BCUT2D eigenvalue weighted by molar-refractivity contribution is 7.80. The largest absolute Gasteiger partial charge is 0.310 e. The molecule has 0 atom stereocenters. The zero-order chi connectivity index (χ0) is 31.9. The Kier molecular flexibility index (Phi) is 7.55. The number of aromatic nitrogens is 1. The maximum Gasteiger partial charge on any atom is 0.248 e. The summed E-state index contributed by atoms with van der Waals surface area (Å²) in [4.78, 5) is 1.00. The smallest absolute Gasteiger partial charge is 0.248 e. The molecule has 0 spiro atoms. The number of hydrogen-bond donors (Lipinski definition) is 1. The fraction of sp³-hybridized carbons (Fsp3) is 0.0455. The van der Waals surface area contributed by atoms with Crippen LogP contribution >= 0.6 is 12.6 Å². The van der Waals surface area contributed by atoms with Crippen molar-refractivity contribution in [2.75, 3.05) is 0 Å². The number of hydrogen-bond acceptors (Lipinski definition) is 1. The molecule has 0 N–H and O–H groups in total. The van der Waals surface area contributed by atoms with Gasteiger partial charge in [-0.1, -0.05) is 157 Å². The minimum absolute atomic E-state index is 0.0477. The second-order valence-electron chi connectivity index (χ2n) is 12.1. The van der Waals surface area contributed by atoms with Gasteiger partial charge in [-0.05, 0) is 70.3 Å². The molecular weight excluding hydrogens is 585 g/mol. The molecule has 0 unspecified atom stereocenters. The summed E-state index contributed by atoms with van der Waals surface area (Å²) < 4.78 is 2.50. The molecule has 6 aromatic carbocycles. The normalized spacial score (nSPS) is 12.6. The van der Waals surface area contributed by atoms with Crippen LogP contribution in [0.1, 0.15) is 19.4 Å². The Bertz CT molecular complexity index is 2290. The summed E-state index contributed by atoms with van der Waals surface area (Å²) >= 11 is 5.12. The Hall–Kier alpha value is -5.25. The van der Waals surface area contributed by atoms with Crippen LogP contribution in [0.15, 0.2) is 169 Å².